The van der Waals surface area contributed by atoms with E-state index in [1.807, 2.05) is 0 Å². The molecule has 5 heteroatoms. The normalized spacial score (nSPS) is 26.3. The first-order chi connectivity index (χ1) is 9.40. The molecule has 0 spiro atoms. The summed E-state index contributed by atoms with van der Waals surface area (Å²) in [5.74, 6) is -0.469. The maximum Gasteiger partial charge on any atom is 0.336 e. The Labute approximate surface area is 126 Å². The molecule has 110 valence electrons. The monoisotopic (exact) mass is 343 g/mol. The van der Waals surface area contributed by atoms with Crippen molar-refractivity contribution in [2.75, 3.05) is 5.32 Å². The lowest BCUT2D eigenvalue weighted by atomic mass is 9.80. The van der Waals surface area contributed by atoms with E-state index < -0.39 is 11.8 Å². The minimum atomic E-state index is -1.14. The standard InChI is InChI=1S/C15H19BrFNO2/c1-8-3-5-11(9(2)7-8)18-12-6-4-10(15(19)20)13(16)14(12)17/h4,6,8-9,11,18H,3,5,7H2,1-2H3,(H,19,20). The van der Waals surface area contributed by atoms with Gasteiger partial charge in [0, 0.05) is 6.04 Å². The molecule has 2 N–H and O–H groups in total. The smallest absolute Gasteiger partial charge is 0.336 e. The minimum absolute atomic E-state index is 0.00632. The van der Waals surface area contributed by atoms with Crippen LogP contribution in [-0.4, -0.2) is 17.1 Å². The number of carboxylic acids is 1. The predicted molar refractivity (Wildman–Crippen MR) is 80.6 cm³/mol. The van der Waals surface area contributed by atoms with Gasteiger partial charge in [0.05, 0.1) is 15.7 Å². The van der Waals surface area contributed by atoms with Crippen molar-refractivity contribution in [1.29, 1.82) is 0 Å². The Morgan fingerprint density at radius 3 is 2.70 bits per heavy atom. The first-order valence-corrected chi connectivity index (χ1v) is 7.67. The van der Waals surface area contributed by atoms with E-state index in [1.165, 1.54) is 12.1 Å². The van der Waals surface area contributed by atoms with Gasteiger partial charge in [-0.3, -0.25) is 0 Å². The quantitative estimate of drug-likeness (QED) is 0.847. The second-order valence-electron chi connectivity index (χ2n) is 5.74. The van der Waals surface area contributed by atoms with E-state index >= 15 is 0 Å². The molecule has 0 radical (unpaired) electrons. The summed E-state index contributed by atoms with van der Waals surface area (Å²) in [6.07, 6.45) is 3.28. The number of hydrogen-bond donors (Lipinski definition) is 2. The highest BCUT2D eigenvalue weighted by Gasteiger charge is 2.26. The second-order valence-corrected chi connectivity index (χ2v) is 6.53. The zero-order valence-electron chi connectivity index (χ0n) is 11.6. The Morgan fingerprint density at radius 2 is 2.10 bits per heavy atom. The predicted octanol–water partition coefficient (Wildman–Crippen LogP) is 4.52. The Balaban J connectivity index is 2.18. The Bertz CT molecular complexity index is 521. The summed E-state index contributed by atoms with van der Waals surface area (Å²) < 4.78 is 14.2. The molecule has 1 aromatic carbocycles. The summed E-state index contributed by atoms with van der Waals surface area (Å²) in [7, 11) is 0. The molecule has 20 heavy (non-hydrogen) atoms. The van der Waals surface area contributed by atoms with E-state index in [1.54, 1.807) is 0 Å². The summed E-state index contributed by atoms with van der Waals surface area (Å²) >= 11 is 3.03. The number of carboxylic acid groups (broad SMARTS) is 1. The molecule has 3 nitrogen and oxygen atoms in total. The Morgan fingerprint density at radius 1 is 1.40 bits per heavy atom. The molecule has 1 aliphatic carbocycles. The third-order valence-corrected chi connectivity index (χ3v) is 4.86. The lowest BCUT2D eigenvalue weighted by Gasteiger charge is -2.34. The largest absolute Gasteiger partial charge is 0.478 e. The summed E-state index contributed by atoms with van der Waals surface area (Å²) in [5, 5.41) is 12.2. The van der Waals surface area contributed by atoms with Crippen molar-refractivity contribution in [1.82, 2.24) is 0 Å². The first kappa shape index (κ1) is 15.3. The number of anilines is 1. The summed E-state index contributed by atoms with van der Waals surface area (Å²) in [4.78, 5) is 10.9. The number of aromatic carboxylic acids is 1. The number of nitrogens with one attached hydrogen (secondary N) is 1. The van der Waals surface area contributed by atoms with E-state index in [0.717, 1.165) is 19.3 Å². The molecule has 0 aliphatic heterocycles. The van der Waals surface area contributed by atoms with Crippen LogP contribution in [0.25, 0.3) is 0 Å². The number of carbonyl (C=O) groups is 1. The van der Waals surface area contributed by atoms with Gasteiger partial charge in [-0.1, -0.05) is 13.8 Å². The van der Waals surface area contributed by atoms with Crippen LogP contribution >= 0.6 is 15.9 Å². The van der Waals surface area contributed by atoms with Crippen molar-refractivity contribution in [2.24, 2.45) is 11.8 Å². The molecular weight excluding hydrogens is 325 g/mol. The van der Waals surface area contributed by atoms with Crippen molar-refractivity contribution in [3.63, 3.8) is 0 Å². The maximum atomic E-state index is 14.2. The third kappa shape index (κ3) is 3.14. The molecule has 1 aromatic rings. The highest BCUT2D eigenvalue weighted by Crippen LogP contribution is 2.33. The molecule has 3 atom stereocenters. The lowest BCUT2D eigenvalue weighted by molar-refractivity contribution is 0.0695. The molecule has 0 amide bonds. The average molecular weight is 344 g/mol. The van der Waals surface area contributed by atoms with Gasteiger partial charge in [0.15, 0.2) is 5.82 Å². The third-order valence-electron chi connectivity index (χ3n) is 4.09. The average Bonchev–Trinajstić information content (AvgIpc) is 2.37. The number of benzene rings is 1. The van der Waals surface area contributed by atoms with Gasteiger partial charge in [0.1, 0.15) is 0 Å². The van der Waals surface area contributed by atoms with E-state index in [2.05, 4.69) is 35.1 Å². The molecule has 1 fully saturated rings. The Hall–Kier alpha value is -1.10. The van der Waals surface area contributed by atoms with Gasteiger partial charge in [-0.15, -0.1) is 0 Å². The molecule has 1 saturated carbocycles. The van der Waals surface area contributed by atoms with Gasteiger partial charge in [0.25, 0.3) is 0 Å². The van der Waals surface area contributed by atoms with Gasteiger partial charge in [0.2, 0.25) is 0 Å². The van der Waals surface area contributed by atoms with Gasteiger partial charge in [-0.05, 0) is 59.2 Å². The minimum Gasteiger partial charge on any atom is -0.478 e. The van der Waals surface area contributed by atoms with Crippen molar-refractivity contribution in [3.05, 3.63) is 28.0 Å². The van der Waals surface area contributed by atoms with Crippen molar-refractivity contribution >= 4 is 27.6 Å². The van der Waals surface area contributed by atoms with Gasteiger partial charge < -0.3 is 10.4 Å². The number of halogens is 2. The summed E-state index contributed by atoms with van der Waals surface area (Å²) in [6.45, 7) is 4.41. The topological polar surface area (TPSA) is 49.3 Å². The summed E-state index contributed by atoms with van der Waals surface area (Å²) in [5.41, 5.74) is 0.312. The molecule has 3 unspecified atom stereocenters. The lowest BCUT2D eigenvalue weighted by Crippen LogP contribution is -2.33. The Kier molecular flexibility index (Phi) is 4.68. The van der Waals surface area contributed by atoms with Crippen molar-refractivity contribution in [3.8, 4) is 0 Å². The van der Waals surface area contributed by atoms with Crippen LogP contribution in [0.5, 0.6) is 0 Å². The van der Waals surface area contributed by atoms with E-state index in [9.17, 15) is 9.18 Å². The summed E-state index contributed by atoms with van der Waals surface area (Å²) in [6, 6.07) is 3.17. The number of hydrogen-bond acceptors (Lipinski definition) is 2. The van der Waals surface area contributed by atoms with E-state index in [0.29, 0.717) is 17.5 Å². The number of rotatable bonds is 3. The van der Waals surface area contributed by atoms with Crippen molar-refractivity contribution in [2.45, 2.75) is 39.2 Å². The fourth-order valence-corrected chi connectivity index (χ4v) is 3.42. The van der Waals surface area contributed by atoms with Gasteiger partial charge in [-0.2, -0.15) is 0 Å². The molecule has 1 aliphatic rings. The van der Waals surface area contributed by atoms with Crippen LogP contribution in [0.15, 0.2) is 16.6 Å². The molecule has 0 heterocycles. The fourth-order valence-electron chi connectivity index (χ4n) is 2.91. The zero-order valence-corrected chi connectivity index (χ0v) is 13.2. The molecule has 0 saturated heterocycles. The SMILES string of the molecule is CC1CCC(Nc2ccc(C(=O)O)c(Br)c2F)C(C)C1. The van der Waals surface area contributed by atoms with Crippen LogP contribution in [0, 0.1) is 17.7 Å². The van der Waals surface area contributed by atoms with Crippen molar-refractivity contribution < 1.29 is 14.3 Å². The van der Waals surface area contributed by atoms with Crippen LogP contribution in [-0.2, 0) is 0 Å². The van der Waals surface area contributed by atoms with Crippen LogP contribution in [0.4, 0.5) is 10.1 Å². The highest BCUT2D eigenvalue weighted by atomic mass is 79.9. The van der Waals surface area contributed by atoms with Gasteiger partial charge >= 0.3 is 5.97 Å². The molecule has 2 rings (SSSR count). The first-order valence-electron chi connectivity index (χ1n) is 6.88. The van der Waals surface area contributed by atoms with Crippen LogP contribution in [0.1, 0.15) is 43.5 Å². The van der Waals surface area contributed by atoms with E-state index in [-0.39, 0.29) is 16.1 Å². The second kappa shape index (κ2) is 6.12. The molecular formula is C15H19BrFNO2. The molecule has 0 aromatic heterocycles. The van der Waals surface area contributed by atoms with Gasteiger partial charge in [-0.25, -0.2) is 9.18 Å². The van der Waals surface area contributed by atoms with Crippen LogP contribution < -0.4 is 5.32 Å². The highest BCUT2D eigenvalue weighted by molar-refractivity contribution is 9.10. The fraction of sp³-hybridized carbons (Fsp3) is 0.533. The van der Waals surface area contributed by atoms with Crippen LogP contribution in [0.2, 0.25) is 0 Å². The molecule has 0 bridgehead atoms. The van der Waals surface area contributed by atoms with E-state index in [4.69, 9.17) is 5.11 Å². The maximum absolute atomic E-state index is 14.2. The zero-order chi connectivity index (χ0) is 14.9. The van der Waals surface area contributed by atoms with Crippen LogP contribution in [0.3, 0.4) is 0 Å².